The van der Waals surface area contributed by atoms with Gasteiger partial charge in [-0.2, -0.15) is 15.8 Å². The van der Waals surface area contributed by atoms with Crippen molar-refractivity contribution in [3.63, 3.8) is 0 Å². The summed E-state index contributed by atoms with van der Waals surface area (Å²) in [6.07, 6.45) is -2.08. The van der Waals surface area contributed by atoms with Crippen molar-refractivity contribution >= 4 is 0 Å². The summed E-state index contributed by atoms with van der Waals surface area (Å²) in [7, 11) is 0. The second kappa shape index (κ2) is 7.63. The van der Waals surface area contributed by atoms with Crippen LogP contribution in [-0.4, -0.2) is 24.3 Å². The molecule has 0 aromatic rings. The smallest absolute Gasteiger partial charge is 0.286 e. The van der Waals surface area contributed by atoms with Gasteiger partial charge in [0.25, 0.3) is 5.97 Å². The third-order valence-electron chi connectivity index (χ3n) is 2.05. The number of rotatable bonds is 7. The molecule has 0 aliphatic carbocycles. The second-order valence-electron chi connectivity index (χ2n) is 3.70. The molecule has 0 saturated carbocycles. The first-order valence-corrected chi connectivity index (χ1v) is 5.65. The van der Waals surface area contributed by atoms with Crippen LogP contribution < -0.4 is 0 Å². The highest BCUT2D eigenvalue weighted by atomic mass is 16.9. The summed E-state index contributed by atoms with van der Waals surface area (Å²) in [4.78, 5) is 0. The van der Waals surface area contributed by atoms with Gasteiger partial charge in [0.15, 0.2) is 0 Å². The van der Waals surface area contributed by atoms with Crippen LogP contribution in [0.5, 0.6) is 0 Å². The molecule has 0 aliphatic rings. The zero-order valence-corrected chi connectivity index (χ0v) is 11.0. The molecule has 98 valence electrons. The Balaban J connectivity index is 5.02. The molecule has 3 unspecified atom stereocenters. The number of ether oxygens (including phenoxy) is 3. The minimum atomic E-state index is -1.56. The SMILES string of the molecule is CCC(OC(C)C#N)(OC(C)C#N)OC(C)C#N. The van der Waals surface area contributed by atoms with Gasteiger partial charge < -0.3 is 14.2 Å². The Kier molecular flexibility index (Phi) is 6.93. The predicted molar refractivity (Wildman–Crippen MR) is 61.5 cm³/mol. The maximum absolute atomic E-state index is 8.76. The molecule has 0 N–H and O–H groups in total. The minimum absolute atomic E-state index is 0.247. The Morgan fingerprint density at radius 1 is 0.833 bits per heavy atom. The van der Waals surface area contributed by atoms with Gasteiger partial charge in [-0.3, -0.25) is 0 Å². The number of nitriles is 3. The maximum Gasteiger partial charge on any atom is 0.286 e. The highest BCUT2D eigenvalue weighted by Gasteiger charge is 2.37. The molecule has 6 nitrogen and oxygen atoms in total. The van der Waals surface area contributed by atoms with Crippen LogP contribution in [0.25, 0.3) is 0 Å². The standard InChI is InChI=1S/C12H17N3O3/c1-5-12(16-9(2)6-13,17-10(3)7-14)18-11(4)8-15/h9-11H,5H2,1-4H3. The summed E-state index contributed by atoms with van der Waals surface area (Å²) in [5.41, 5.74) is 0. The normalized spacial score (nSPS) is 18.5. The zero-order chi connectivity index (χ0) is 14.2. The van der Waals surface area contributed by atoms with Crippen LogP contribution in [-0.2, 0) is 14.2 Å². The largest absolute Gasteiger partial charge is 0.309 e. The van der Waals surface area contributed by atoms with Crippen molar-refractivity contribution in [3.05, 3.63) is 0 Å². The van der Waals surface area contributed by atoms with Gasteiger partial charge in [-0.15, -0.1) is 0 Å². The number of nitrogens with zero attached hydrogens (tertiary/aromatic N) is 3. The third kappa shape index (κ3) is 5.12. The van der Waals surface area contributed by atoms with Crippen LogP contribution in [0.3, 0.4) is 0 Å². The van der Waals surface area contributed by atoms with Gasteiger partial charge in [0, 0.05) is 6.42 Å². The van der Waals surface area contributed by atoms with E-state index in [0.29, 0.717) is 0 Å². The summed E-state index contributed by atoms with van der Waals surface area (Å²) >= 11 is 0. The van der Waals surface area contributed by atoms with E-state index in [4.69, 9.17) is 30.0 Å². The number of hydrogen-bond donors (Lipinski definition) is 0. The van der Waals surface area contributed by atoms with Gasteiger partial charge in [-0.25, -0.2) is 0 Å². The predicted octanol–water partition coefficient (Wildman–Crippen LogP) is 1.84. The van der Waals surface area contributed by atoms with Crippen molar-refractivity contribution in [2.75, 3.05) is 0 Å². The quantitative estimate of drug-likeness (QED) is 0.640. The summed E-state index contributed by atoms with van der Waals surface area (Å²) in [6, 6.07) is 5.67. The molecule has 0 rings (SSSR count). The van der Waals surface area contributed by atoms with Crippen LogP contribution in [0.15, 0.2) is 0 Å². The molecule has 0 spiro atoms. The van der Waals surface area contributed by atoms with Gasteiger partial charge in [-0.1, -0.05) is 6.92 Å². The maximum atomic E-state index is 8.76. The van der Waals surface area contributed by atoms with E-state index in [0.717, 1.165) is 0 Å². The lowest BCUT2D eigenvalue weighted by atomic mass is 10.3. The molecule has 0 aromatic carbocycles. The molecule has 0 aromatic heterocycles. The average molecular weight is 251 g/mol. The molecular formula is C12H17N3O3. The number of hydrogen-bond acceptors (Lipinski definition) is 6. The molecule has 0 bridgehead atoms. The Hall–Kier alpha value is -1.65. The fourth-order valence-corrected chi connectivity index (χ4v) is 1.22. The lowest BCUT2D eigenvalue weighted by molar-refractivity contribution is -0.400. The lowest BCUT2D eigenvalue weighted by Gasteiger charge is -2.34. The first-order chi connectivity index (χ1) is 8.42. The average Bonchev–Trinajstić information content (AvgIpc) is 2.37. The first-order valence-electron chi connectivity index (χ1n) is 5.65. The minimum Gasteiger partial charge on any atom is -0.309 e. The van der Waals surface area contributed by atoms with E-state index in [-0.39, 0.29) is 6.42 Å². The van der Waals surface area contributed by atoms with E-state index in [9.17, 15) is 0 Å². The Labute approximate surface area is 107 Å². The molecule has 18 heavy (non-hydrogen) atoms. The molecule has 0 radical (unpaired) electrons. The van der Waals surface area contributed by atoms with Crippen LogP contribution in [0, 0.1) is 34.0 Å². The Bertz CT molecular complexity index is 322. The van der Waals surface area contributed by atoms with Crippen molar-refractivity contribution in [2.45, 2.75) is 58.4 Å². The van der Waals surface area contributed by atoms with Crippen LogP contribution >= 0.6 is 0 Å². The zero-order valence-electron chi connectivity index (χ0n) is 11.0. The fourth-order valence-electron chi connectivity index (χ4n) is 1.22. The van der Waals surface area contributed by atoms with Gasteiger partial charge in [0.05, 0.1) is 18.2 Å². The molecule has 0 saturated heterocycles. The highest BCUT2D eigenvalue weighted by molar-refractivity contribution is 4.86. The molecular weight excluding hydrogens is 234 g/mol. The van der Waals surface area contributed by atoms with Gasteiger partial charge in [0.1, 0.15) is 18.3 Å². The molecule has 0 fully saturated rings. The molecule has 0 amide bonds. The fraction of sp³-hybridized carbons (Fsp3) is 0.750. The van der Waals surface area contributed by atoms with E-state index in [1.807, 2.05) is 18.2 Å². The third-order valence-corrected chi connectivity index (χ3v) is 2.05. The highest BCUT2D eigenvalue weighted by Crippen LogP contribution is 2.25. The molecule has 3 atom stereocenters. The van der Waals surface area contributed by atoms with Gasteiger partial charge in [-0.05, 0) is 20.8 Å². The van der Waals surface area contributed by atoms with E-state index in [1.165, 1.54) is 20.8 Å². The summed E-state index contributed by atoms with van der Waals surface area (Å²) in [5.74, 6) is -1.56. The van der Waals surface area contributed by atoms with E-state index >= 15 is 0 Å². The second-order valence-corrected chi connectivity index (χ2v) is 3.70. The molecule has 0 aliphatic heterocycles. The topological polar surface area (TPSA) is 99.1 Å². The van der Waals surface area contributed by atoms with E-state index in [1.54, 1.807) is 6.92 Å². The monoisotopic (exact) mass is 251 g/mol. The lowest BCUT2D eigenvalue weighted by Crippen LogP contribution is -2.45. The summed E-state index contributed by atoms with van der Waals surface area (Å²) in [5, 5.41) is 26.3. The van der Waals surface area contributed by atoms with Crippen molar-refractivity contribution < 1.29 is 14.2 Å². The van der Waals surface area contributed by atoms with Crippen LogP contribution in [0.1, 0.15) is 34.1 Å². The van der Waals surface area contributed by atoms with E-state index in [2.05, 4.69) is 0 Å². The van der Waals surface area contributed by atoms with Crippen LogP contribution in [0.2, 0.25) is 0 Å². The summed E-state index contributed by atoms with van der Waals surface area (Å²) < 4.78 is 16.1. The van der Waals surface area contributed by atoms with Gasteiger partial charge >= 0.3 is 0 Å². The first kappa shape index (κ1) is 16.4. The van der Waals surface area contributed by atoms with Crippen molar-refractivity contribution in [2.24, 2.45) is 0 Å². The van der Waals surface area contributed by atoms with Crippen molar-refractivity contribution in [1.29, 1.82) is 15.8 Å². The Morgan fingerprint density at radius 3 is 1.28 bits per heavy atom. The van der Waals surface area contributed by atoms with Gasteiger partial charge in [0.2, 0.25) is 0 Å². The van der Waals surface area contributed by atoms with Crippen molar-refractivity contribution in [3.8, 4) is 18.2 Å². The van der Waals surface area contributed by atoms with E-state index < -0.39 is 24.3 Å². The van der Waals surface area contributed by atoms with Crippen LogP contribution in [0.4, 0.5) is 0 Å². The molecule has 0 heterocycles. The molecule has 6 heteroatoms. The Morgan fingerprint density at radius 2 is 1.11 bits per heavy atom. The summed E-state index contributed by atoms with van der Waals surface area (Å²) in [6.45, 7) is 6.32. The van der Waals surface area contributed by atoms with Crippen molar-refractivity contribution in [1.82, 2.24) is 0 Å².